The molecule has 310 valence electrons. The van der Waals surface area contributed by atoms with Crippen LogP contribution in [0, 0.1) is 23.7 Å². The van der Waals surface area contributed by atoms with E-state index in [1.807, 2.05) is 39.8 Å². The highest BCUT2D eigenvalue weighted by Gasteiger charge is 2.54. The zero-order chi connectivity index (χ0) is 40.4. The van der Waals surface area contributed by atoms with Gasteiger partial charge in [0.05, 0.1) is 47.6 Å². The fraction of sp³-hybridized carbons (Fsp3) is 0.949. The summed E-state index contributed by atoms with van der Waals surface area (Å²) in [5, 5.41) is 35.0. The Morgan fingerprint density at radius 3 is 1.96 bits per heavy atom. The van der Waals surface area contributed by atoms with Gasteiger partial charge >= 0.3 is 5.97 Å². The van der Waals surface area contributed by atoms with Crippen molar-refractivity contribution in [2.45, 2.75) is 179 Å². The van der Waals surface area contributed by atoms with Crippen molar-refractivity contribution in [3.05, 3.63) is 0 Å². The molecule has 0 saturated carbocycles. The van der Waals surface area contributed by atoms with E-state index in [9.17, 15) is 24.9 Å². The summed E-state index contributed by atoms with van der Waals surface area (Å²) in [6.07, 6.45) is -7.50. The lowest BCUT2D eigenvalue weighted by Gasteiger charge is -2.50. The third-order valence-corrected chi connectivity index (χ3v) is 12.2. The summed E-state index contributed by atoms with van der Waals surface area (Å²) in [5.41, 5.74) is -4.28. The lowest BCUT2D eigenvalue weighted by molar-refractivity contribution is -0.319. The van der Waals surface area contributed by atoms with E-state index in [4.69, 9.17) is 37.9 Å². The van der Waals surface area contributed by atoms with E-state index in [1.165, 1.54) is 28.3 Å². The van der Waals surface area contributed by atoms with Gasteiger partial charge in [0.2, 0.25) is 0 Å². The predicted octanol–water partition coefficient (Wildman–Crippen LogP) is 3.09. The number of carbonyl (C=O) groups excluding carboxylic acids is 2. The summed E-state index contributed by atoms with van der Waals surface area (Å²) in [4.78, 5) is 30.4. The van der Waals surface area contributed by atoms with Crippen LogP contribution in [0.2, 0.25) is 0 Å². The van der Waals surface area contributed by atoms with Gasteiger partial charge in [0.25, 0.3) is 0 Å². The number of aliphatic hydroxyl groups excluding tert-OH is 1. The summed E-state index contributed by atoms with van der Waals surface area (Å²) < 4.78 is 49.8. The molecule has 0 bridgehead atoms. The Labute approximate surface area is 317 Å². The molecule has 0 spiro atoms. The number of ketones is 1. The molecular weight excluding hydrogens is 690 g/mol. The van der Waals surface area contributed by atoms with Crippen LogP contribution in [0.3, 0.4) is 0 Å². The zero-order valence-electron chi connectivity index (χ0n) is 34.9. The van der Waals surface area contributed by atoms with Crippen LogP contribution in [0.1, 0.15) is 94.9 Å². The Morgan fingerprint density at radius 1 is 0.849 bits per heavy atom. The second kappa shape index (κ2) is 18.3. The Morgan fingerprint density at radius 2 is 1.45 bits per heavy atom. The van der Waals surface area contributed by atoms with E-state index in [2.05, 4.69) is 0 Å². The van der Waals surface area contributed by atoms with Gasteiger partial charge in [-0.05, 0) is 74.9 Å². The van der Waals surface area contributed by atoms with Crippen LogP contribution in [0.25, 0.3) is 0 Å². The van der Waals surface area contributed by atoms with Gasteiger partial charge in [-0.2, -0.15) is 0 Å². The molecule has 0 aromatic carbocycles. The van der Waals surface area contributed by atoms with Gasteiger partial charge < -0.3 is 58.1 Å². The van der Waals surface area contributed by atoms with Gasteiger partial charge in [0.15, 0.2) is 12.6 Å². The molecule has 3 heterocycles. The van der Waals surface area contributed by atoms with Gasteiger partial charge in [0.1, 0.15) is 29.7 Å². The highest BCUT2D eigenvalue weighted by molar-refractivity contribution is 5.83. The largest absolute Gasteiger partial charge is 0.459 e. The Hall–Kier alpha value is -1.30. The minimum atomic E-state index is -1.74. The first-order valence-electron chi connectivity index (χ1n) is 19.3. The number of aliphatic hydroxyl groups is 3. The summed E-state index contributed by atoms with van der Waals surface area (Å²) in [5.74, 6) is -3.91. The van der Waals surface area contributed by atoms with Gasteiger partial charge in [-0.1, -0.05) is 27.7 Å². The number of likely N-dealkylation sites (N-methyl/N-ethyl adjacent to an activating group) is 1. The number of Topliss-reactive ketones (excluding diaryl/α,β-unsaturated/α-hetero) is 1. The van der Waals surface area contributed by atoms with Crippen LogP contribution < -0.4 is 0 Å². The van der Waals surface area contributed by atoms with E-state index >= 15 is 0 Å². The number of rotatable bonds is 9. The Kier molecular flexibility index (Phi) is 15.9. The van der Waals surface area contributed by atoms with Crippen molar-refractivity contribution in [3.8, 4) is 0 Å². The Bertz CT molecular complexity index is 1200. The molecule has 18 unspecified atom stereocenters. The second-order valence-electron chi connectivity index (χ2n) is 16.9. The summed E-state index contributed by atoms with van der Waals surface area (Å²) in [6, 6.07) is -0.272. The van der Waals surface area contributed by atoms with Crippen LogP contribution in [-0.4, -0.2) is 152 Å². The lowest BCUT2D eigenvalue weighted by Crippen LogP contribution is -2.61. The van der Waals surface area contributed by atoms with E-state index in [0.29, 0.717) is 6.42 Å². The standard InChI is InChI=1S/C39H71NO13/c1-16-27-39(10,45)33(46-13)22(4)29(41)20(2)18-38(9,48-15)32(53-36-30(42)26(40(11)12)17-21(3)49-36)23(5)31(24(6)35(43)51-27)52-28-19-37(8,44)34(47-14)25(7)50-28/h20-28,30-34,36,42,44-45H,16-19H2,1-15H3. The first-order chi connectivity index (χ1) is 24.5. The fourth-order valence-electron chi connectivity index (χ4n) is 9.26. The molecule has 0 aromatic rings. The molecule has 3 aliphatic rings. The van der Waals surface area contributed by atoms with Crippen LogP contribution in [-0.2, 0) is 47.5 Å². The number of hydrogen-bond acceptors (Lipinski definition) is 14. The first-order valence-corrected chi connectivity index (χ1v) is 19.3. The number of cyclic esters (lactones) is 1. The van der Waals surface area contributed by atoms with Crippen LogP contribution in [0.4, 0.5) is 0 Å². The van der Waals surface area contributed by atoms with Crippen molar-refractivity contribution >= 4 is 11.8 Å². The second-order valence-corrected chi connectivity index (χ2v) is 16.9. The first kappa shape index (κ1) is 46.1. The maximum Gasteiger partial charge on any atom is 0.311 e. The van der Waals surface area contributed by atoms with Crippen molar-refractivity contribution in [2.24, 2.45) is 23.7 Å². The number of carbonyl (C=O) groups is 2. The molecule has 3 N–H and O–H groups in total. The average Bonchev–Trinajstić information content (AvgIpc) is 3.07. The van der Waals surface area contributed by atoms with Gasteiger partial charge in [-0.3, -0.25) is 9.59 Å². The lowest BCUT2D eigenvalue weighted by atomic mass is 9.73. The van der Waals surface area contributed by atoms with Crippen molar-refractivity contribution in [2.75, 3.05) is 35.4 Å². The van der Waals surface area contributed by atoms with Crippen molar-refractivity contribution in [1.82, 2.24) is 4.90 Å². The third-order valence-electron chi connectivity index (χ3n) is 12.2. The summed E-state index contributed by atoms with van der Waals surface area (Å²) in [6.45, 7) is 17.6. The van der Waals surface area contributed by atoms with E-state index in [1.54, 1.807) is 41.5 Å². The number of esters is 1. The SMILES string of the molecule is CCC1OC(=O)C(C)C(OC2CC(C)(O)C(OC)C(C)O2)C(C)C(OC2OC(C)CC(N(C)C)C2O)C(C)(OC)CC(C)C(=O)C(C)C(OC)C1(C)O. The smallest absolute Gasteiger partial charge is 0.311 e. The molecule has 3 fully saturated rings. The van der Waals surface area contributed by atoms with Crippen LogP contribution in [0.15, 0.2) is 0 Å². The van der Waals surface area contributed by atoms with E-state index in [0.717, 1.165) is 0 Å². The molecular formula is C39H71NO13. The summed E-state index contributed by atoms with van der Waals surface area (Å²) in [7, 11) is 8.25. The molecule has 14 nitrogen and oxygen atoms in total. The van der Waals surface area contributed by atoms with Gasteiger partial charge in [-0.25, -0.2) is 0 Å². The predicted molar refractivity (Wildman–Crippen MR) is 196 cm³/mol. The van der Waals surface area contributed by atoms with Crippen molar-refractivity contribution < 1.29 is 62.8 Å². The quantitative estimate of drug-likeness (QED) is 0.293. The maximum atomic E-state index is 14.3. The highest BCUT2D eigenvalue weighted by atomic mass is 16.7. The molecule has 0 aliphatic carbocycles. The molecule has 3 saturated heterocycles. The molecule has 18 atom stereocenters. The highest BCUT2D eigenvalue weighted by Crippen LogP contribution is 2.42. The minimum absolute atomic E-state index is 0.0334. The van der Waals surface area contributed by atoms with Crippen LogP contribution in [0.5, 0.6) is 0 Å². The number of ether oxygens (including phenoxy) is 8. The van der Waals surface area contributed by atoms with E-state index < -0.39 is 102 Å². The average molecular weight is 762 g/mol. The third kappa shape index (κ3) is 9.99. The number of methoxy groups -OCH3 is 3. The minimum Gasteiger partial charge on any atom is -0.459 e. The monoisotopic (exact) mass is 761 g/mol. The molecule has 3 rings (SSSR count). The topological polar surface area (TPSA) is 172 Å². The molecule has 3 aliphatic heterocycles. The van der Waals surface area contributed by atoms with Crippen molar-refractivity contribution in [3.63, 3.8) is 0 Å². The van der Waals surface area contributed by atoms with Gasteiger partial charge in [0, 0.05) is 51.5 Å². The van der Waals surface area contributed by atoms with Gasteiger partial charge in [-0.15, -0.1) is 0 Å². The molecule has 53 heavy (non-hydrogen) atoms. The molecule has 0 amide bonds. The molecule has 0 radical (unpaired) electrons. The molecule has 0 aromatic heterocycles. The van der Waals surface area contributed by atoms with E-state index in [-0.39, 0.29) is 37.2 Å². The summed E-state index contributed by atoms with van der Waals surface area (Å²) >= 11 is 0. The zero-order valence-corrected chi connectivity index (χ0v) is 34.9. The van der Waals surface area contributed by atoms with Crippen molar-refractivity contribution in [1.29, 1.82) is 0 Å². The number of nitrogens with zero attached hydrogens (tertiary/aromatic N) is 1. The fourth-order valence-corrected chi connectivity index (χ4v) is 9.26. The Balaban J connectivity index is 2.23. The number of hydrogen-bond donors (Lipinski definition) is 3. The maximum absolute atomic E-state index is 14.3. The van der Waals surface area contributed by atoms with Crippen LogP contribution >= 0.6 is 0 Å². The normalized spacial score (nSPS) is 48.3. The molecule has 14 heteroatoms.